The quantitative estimate of drug-likeness (QED) is 0.278. The monoisotopic (exact) mass is 578 g/mol. The summed E-state index contributed by atoms with van der Waals surface area (Å²) in [6.45, 7) is 4.32. The number of nitrogens with one attached hydrogen (secondary N) is 2. The van der Waals surface area contributed by atoms with Crippen LogP contribution in [0.3, 0.4) is 0 Å². The number of rotatable bonds is 8. The van der Waals surface area contributed by atoms with Gasteiger partial charge in [0.25, 0.3) is 23.6 Å². The maximum absolute atomic E-state index is 13.2. The van der Waals surface area contributed by atoms with Crippen molar-refractivity contribution in [1.82, 2.24) is 0 Å². The zero-order valence-electron chi connectivity index (χ0n) is 22.7. The van der Waals surface area contributed by atoms with Gasteiger partial charge in [-0.15, -0.1) is 22.7 Å². The van der Waals surface area contributed by atoms with E-state index < -0.39 is 23.6 Å². The van der Waals surface area contributed by atoms with Gasteiger partial charge < -0.3 is 22.1 Å². The standard InChI is InChI=1S/C30H34N4O4S2/c1-3-15-8-10-19-21(12-15)39-29(23(19)25(31)35)33-27(37)17-6-5-7-18(14-17)28(38)34-30-24(26(32)36)20-11-9-16(4-2)13-22(20)40-30/h5-7,14-16H,3-4,8-13H2,1-2H3,(H2,31,35)(H2,32,36)(H,33,37)(H,34,38). The van der Waals surface area contributed by atoms with E-state index >= 15 is 0 Å². The maximum Gasteiger partial charge on any atom is 0.256 e. The Morgan fingerprint density at radius 3 is 1.57 bits per heavy atom. The molecule has 1 aromatic carbocycles. The van der Waals surface area contributed by atoms with Crippen LogP contribution >= 0.6 is 22.7 Å². The summed E-state index contributed by atoms with van der Waals surface area (Å²) in [4.78, 5) is 53.3. The molecule has 0 spiro atoms. The van der Waals surface area contributed by atoms with Gasteiger partial charge in [0.15, 0.2) is 0 Å². The first-order valence-corrected chi connectivity index (χ1v) is 15.4. The van der Waals surface area contributed by atoms with Gasteiger partial charge in [-0.1, -0.05) is 32.8 Å². The number of nitrogens with two attached hydrogens (primary N) is 2. The number of amides is 4. The Morgan fingerprint density at radius 2 is 1.20 bits per heavy atom. The van der Waals surface area contributed by atoms with Gasteiger partial charge in [-0.05, 0) is 79.7 Å². The lowest BCUT2D eigenvalue weighted by Gasteiger charge is -2.20. The van der Waals surface area contributed by atoms with E-state index in [2.05, 4.69) is 24.5 Å². The molecule has 210 valence electrons. The van der Waals surface area contributed by atoms with E-state index in [1.807, 2.05) is 0 Å². The van der Waals surface area contributed by atoms with Gasteiger partial charge in [-0.25, -0.2) is 0 Å². The van der Waals surface area contributed by atoms with Gasteiger partial charge >= 0.3 is 0 Å². The number of thiophene rings is 2. The Balaban J connectivity index is 1.36. The molecule has 2 atom stereocenters. The fraction of sp³-hybridized carbons (Fsp3) is 0.400. The van der Waals surface area contributed by atoms with E-state index in [0.29, 0.717) is 33.0 Å². The highest BCUT2D eigenvalue weighted by molar-refractivity contribution is 7.17. The molecule has 40 heavy (non-hydrogen) atoms. The molecule has 2 aliphatic rings. The van der Waals surface area contributed by atoms with Crippen molar-refractivity contribution in [3.05, 3.63) is 67.4 Å². The molecule has 2 heterocycles. The number of anilines is 2. The largest absolute Gasteiger partial charge is 0.365 e. The lowest BCUT2D eigenvalue weighted by molar-refractivity contribution is 0.0990. The Morgan fingerprint density at radius 1 is 0.775 bits per heavy atom. The number of primary amides is 2. The van der Waals surface area contributed by atoms with Crippen molar-refractivity contribution in [2.24, 2.45) is 23.3 Å². The van der Waals surface area contributed by atoms with Crippen molar-refractivity contribution >= 4 is 56.3 Å². The van der Waals surface area contributed by atoms with Crippen LogP contribution in [0.2, 0.25) is 0 Å². The number of carbonyl (C=O) groups is 4. The Kier molecular flexibility index (Phi) is 8.09. The van der Waals surface area contributed by atoms with E-state index in [1.165, 1.54) is 28.7 Å². The molecule has 2 unspecified atom stereocenters. The van der Waals surface area contributed by atoms with Gasteiger partial charge in [0.05, 0.1) is 11.1 Å². The van der Waals surface area contributed by atoms with Gasteiger partial charge in [0.1, 0.15) is 10.0 Å². The van der Waals surface area contributed by atoms with E-state index in [9.17, 15) is 19.2 Å². The molecule has 2 aromatic heterocycles. The molecule has 0 aliphatic heterocycles. The summed E-state index contributed by atoms with van der Waals surface area (Å²) in [5, 5.41) is 6.64. The Bertz CT molecular complexity index is 1400. The molecule has 5 rings (SSSR count). The fourth-order valence-electron chi connectivity index (χ4n) is 5.86. The second kappa shape index (κ2) is 11.5. The smallest absolute Gasteiger partial charge is 0.256 e. The van der Waals surface area contributed by atoms with Crippen LogP contribution in [0.15, 0.2) is 24.3 Å². The highest BCUT2D eigenvalue weighted by atomic mass is 32.1. The average molecular weight is 579 g/mol. The summed E-state index contributed by atoms with van der Waals surface area (Å²) in [6, 6.07) is 6.35. The van der Waals surface area contributed by atoms with Gasteiger partial charge in [-0.3, -0.25) is 19.2 Å². The first-order valence-electron chi connectivity index (χ1n) is 13.8. The molecule has 2 aliphatic carbocycles. The minimum absolute atomic E-state index is 0.271. The lowest BCUT2D eigenvalue weighted by atomic mass is 9.85. The molecule has 0 saturated carbocycles. The minimum atomic E-state index is -0.551. The van der Waals surface area contributed by atoms with Crippen LogP contribution in [0, 0.1) is 11.8 Å². The molecule has 10 heteroatoms. The van der Waals surface area contributed by atoms with Gasteiger partial charge in [0.2, 0.25) is 0 Å². The van der Waals surface area contributed by atoms with Crippen LogP contribution in [0.4, 0.5) is 10.0 Å². The van der Waals surface area contributed by atoms with E-state index in [-0.39, 0.29) is 11.1 Å². The topological polar surface area (TPSA) is 144 Å². The minimum Gasteiger partial charge on any atom is -0.365 e. The highest BCUT2D eigenvalue weighted by Gasteiger charge is 2.30. The van der Waals surface area contributed by atoms with Crippen LogP contribution in [-0.4, -0.2) is 23.6 Å². The van der Waals surface area contributed by atoms with Crippen LogP contribution in [-0.2, 0) is 25.7 Å². The fourth-order valence-corrected chi connectivity index (χ4v) is 8.58. The van der Waals surface area contributed by atoms with Crippen molar-refractivity contribution < 1.29 is 19.2 Å². The van der Waals surface area contributed by atoms with Crippen molar-refractivity contribution in [2.45, 2.75) is 65.2 Å². The first-order chi connectivity index (χ1) is 19.2. The van der Waals surface area contributed by atoms with Gasteiger partial charge in [-0.2, -0.15) is 0 Å². The summed E-state index contributed by atoms with van der Waals surface area (Å²) >= 11 is 2.82. The normalized spacial score (nSPS) is 17.9. The van der Waals surface area contributed by atoms with Crippen molar-refractivity contribution in [1.29, 1.82) is 0 Å². The third-order valence-electron chi connectivity index (χ3n) is 8.22. The number of benzene rings is 1. The molecule has 3 aromatic rings. The molecule has 0 radical (unpaired) electrons. The van der Waals surface area contributed by atoms with Crippen LogP contribution in [0.25, 0.3) is 0 Å². The summed E-state index contributed by atoms with van der Waals surface area (Å²) in [7, 11) is 0. The first kappa shape index (κ1) is 28.0. The average Bonchev–Trinajstić information content (AvgIpc) is 3.49. The Labute approximate surface area is 241 Å². The molecule has 0 fully saturated rings. The predicted molar refractivity (Wildman–Crippen MR) is 160 cm³/mol. The molecule has 8 nitrogen and oxygen atoms in total. The van der Waals surface area contributed by atoms with E-state index in [1.54, 1.807) is 18.2 Å². The third kappa shape index (κ3) is 5.42. The predicted octanol–water partition coefficient (Wildman–Crippen LogP) is 5.54. The molecule has 4 amide bonds. The molecule has 6 N–H and O–H groups in total. The zero-order chi connectivity index (χ0) is 28.6. The van der Waals surface area contributed by atoms with E-state index in [0.717, 1.165) is 72.2 Å². The van der Waals surface area contributed by atoms with Crippen molar-refractivity contribution in [3.8, 4) is 0 Å². The van der Waals surface area contributed by atoms with E-state index in [4.69, 9.17) is 11.5 Å². The number of carbonyl (C=O) groups excluding carboxylic acids is 4. The summed E-state index contributed by atoms with van der Waals surface area (Å²) in [5.41, 5.74) is 14.6. The maximum atomic E-state index is 13.2. The summed E-state index contributed by atoms with van der Waals surface area (Å²) in [6.07, 6.45) is 7.41. The second-order valence-electron chi connectivity index (χ2n) is 10.7. The van der Waals surface area contributed by atoms with Crippen LogP contribution in [0.1, 0.15) is 102 Å². The summed E-state index contributed by atoms with van der Waals surface area (Å²) in [5.74, 6) is -0.851. The molecule has 0 bridgehead atoms. The van der Waals surface area contributed by atoms with Gasteiger partial charge in [0, 0.05) is 20.9 Å². The van der Waals surface area contributed by atoms with Crippen LogP contribution in [0.5, 0.6) is 0 Å². The molecule has 0 saturated heterocycles. The third-order valence-corrected chi connectivity index (χ3v) is 10.6. The number of hydrogen-bond donors (Lipinski definition) is 4. The highest BCUT2D eigenvalue weighted by Crippen LogP contribution is 2.41. The molecular formula is C30H34N4O4S2. The van der Waals surface area contributed by atoms with Crippen LogP contribution < -0.4 is 22.1 Å². The Hall–Kier alpha value is -3.50. The molecular weight excluding hydrogens is 544 g/mol. The summed E-state index contributed by atoms with van der Waals surface area (Å²) < 4.78 is 0. The zero-order valence-corrected chi connectivity index (χ0v) is 24.4. The SMILES string of the molecule is CCC1CCc2c(sc(NC(=O)c3cccc(C(=O)Nc4sc5c(c4C(N)=O)CCC(CC)C5)c3)c2C(N)=O)C1. The second-order valence-corrected chi connectivity index (χ2v) is 12.9. The van der Waals surface area contributed by atoms with Crippen molar-refractivity contribution in [3.63, 3.8) is 0 Å². The number of fused-ring (bicyclic) bond motifs is 2. The van der Waals surface area contributed by atoms with Crippen molar-refractivity contribution in [2.75, 3.05) is 10.6 Å². The number of hydrogen-bond acceptors (Lipinski definition) is 6. The lowest BCUT2D eigenvalue weighted by Crippen LogP contribution is -2.20.